The third kappa shape index (κ3) is 2.37. The highest BCUT2D eigenvalue weighted by atomic mass is 16.5. The van der Waals surface area contributed by atoms with E-state index in [0.29, 0.717) is 12.6 Å². The molecule has 62 valence electrons. The molecule has 1 unspecified atom stereocenters. The summed E-state index contributed by atoms with van der Waals surface area (Å²) in [5.41, 5.74) is 1.36. The van der Waals surface area contributed by atoms with Crippen LogP contribution >= 0.6 is 0 Å². The molecule has 2 nitrogen and oxygen atoms in total. The van der Waals surface area contributed by atoms with E-state index in [0.717, 1.165) is 12.3 Å². The first kappa shape index (κ1) is 8.31. The van der Waals surface area contributed by atoms with Crippen LogP contribution < -0.4 is 0 Å². The number of dihydropyridines is 1. The highest BCUT2D eigenvalue weighted by molar-refractivity contribution is 5.89. The van der Waals surface area contributed by atoms with Gasteiger partial charge < -0.3 is 4.74 Å². The summed E-state index contributed by atoms with van der Waals surface area (Å²) in [6.07, 6.45) is 3.08. The molecule has 1 rings (SSSR count). The van der Waals surface area contributed by atoms with Crippen molar-refractivity contribution in [2.75, 3.05) is 6.61 Å². The molecule has 1 heterocycles. The third-order valence-electron chi connectivity index (χ3n) is 1.63. The lowest BCUT2D eigenvalue weighted by atomic mass is 10.1. The van der Waals surface area contributed by atoms with Gasteiger partial charge in [-0.1, -0.05) is 5.57 Å². The van der Waals surface area contributed by atoms with Crippen molar-refractivity contribution in [1.29, 1.82) is 0 Å². The third-order valence-corrected chi connectivity index (χ3v) is 1.63. The van der Waals surface area contributed by atoms with Gasteiger partial charge in [0.25, 0.3) is 0 Å². The van der Waals surface area contributed by atoms with Crippen LogP contribution in [0.4, 0.5) is 0 Å². The zero-order valence-electron chi connectivity index (χ0n) is 7.42. The van der Waals surface area contributed by atoms with Gasteiger partial charge in [0.05, 0.1) is 12.6 Å². The van der Waals surface area contributed by atoms with Gasteiger partial charge >= 0.3 is 0 Å². The van der Waals surface area contributed by atoms with Crippen LogP contribution in [-0.2, 0) is 4.74 Å². The zero-order valence-corrected chi connectivity index (χ0v) is 7.42. The Morgan fingerprint density at radius 2 is 2.45 bits per heavy atom. The molecule has 0 spiro atoms. The Bertz CT molecular complexity index is 194. The topological polar surface area (TPSA) is 21.6 Å². The van der Waals surface area contributed by atoms with Crippen LogP contribution in [0.15, 0.2) is 16.6 Å². The maximum absolute atomic E-state index is 5.30. The molecular weight excluding hydrogens is 138 g/mol. The second-order valence-electron chi connectivity index (χ2n) is 2.94. The van der Waals surface area contributed by atoms with Crippen molar-refractivity contribution in [3.63, 3.8) is 0 Å². The van der Waals surface area contributed by atoms with Crippen molar-refractivity contribution >= 4 is 5.90 Å². The summed E-state index contributed by atoms with van der Waals surface area (Å²) in [6, 6.07) is 0.390. The van der Waals surface area contributed by atoms with Gasteiger partial charge in [0.15, 0.2) is 0 Å². The monoisotopic (exact) mass is 153 g/mol. The van der Waals surface area contributed by atoms with E-state index >= 15 is 0 Å². The van der Waals surface area contributed by atoms with Crippen LogP contribution in [0.25, 0.3) is 0 Å². The lowest BCUT2D eigenvalue weighted by molar-refractivity contribution is 0.325. The first-order chi connectivity index (χ1) is 5.22. The van der Waals surface area contributed by atoms with Gasteiger partial charge in [0, 0.05) is 0 Å². The molecule has 0 radical (unpaired) electrons. The Balaban J connectivity index is 2.62. The minimum Gasteiger partial charge on any atom is -0.478 e. The number of hydrogen-bond acceptors (Lipinski definition) is 2. The van der Waals surface area contributed by atoms with Gasteiger partial charge in [-0.15, -0.1) is 0 Å². The van der Waals surface area contributed by atoms with Crippen LogP contribution in [0.1, 0.15) is 27.2 Å². The van der Waals surface area contributed by atoms with Gasteiger partial charge in [-0.2, -0.15) is 0 Å². The molecule has 0 amide bonds. The van der Waals surface area contributed by atoms with E-state index < -0.39 is 0 Å². The largest absolute Gasteiger partial charge is 0.478 e. The Labute approximate surface area is 68.0 Å². The fourth-order valence-corrected chi connectivity index (χ4v) is 1.26. The average molecular weight is 153 g/mol. The summed E-state index contributed by atoms with van der Waals surface area (Å²) in [6.45, 7) is 6.90. The van der Waals surface area contributed by atoms with Crippen molar-refractivity contribution in [3.8, 4) is 0 Å². The van der Waals surface area contributed by atoms with E-state index in [9.17, 15) is 0 Å². The standard InChI is InChI=1S/C9H15NO/c1-4-11-9-6-7(2)5-8(3)10-9/h6,8H,4-5H2,1-3H3. The van der Waals surface area contributed by atoms with Crippen LogP contribution in [0.5, 0.6) is 0 Å². The van der Waals surface area contributed by atoms with E-state index in [1.165, 1.54) is 5.57 Å². The van der Waals surface area contributed by atoms with Crippen LogP contribution in [-0.4, -0.2) is 18.5 Å². The molecule has 0 aromatic carbocycles. The summed E-state index contributed by atoms with van der Waals surface area (Å²) in [4.78, 5) is 4.34. The quantitative estimate of drug-likeness (QED) is 0.565. The summed E-state index contributed by atoms with van der Waals surface area (Å²) >= 11 is 0. The molecule has 1 atom stereocenters. The predicted octanol–water partition coefficient (Wildman–Crippen LogP) is 2.16. The van der Waals surface area contributed by atoms with Gasteiger partial charge in [-0.05, 0) is 33.3 Å². The smallest absolute Gasteiger partial charge is 0.208 e. The van der Waals surface area contributed by atoms with Gasteiger partial charge in [0.2, 0.25) is 5.90 Å². The van der Waals surface area contributed by atoms with E-state index in [2.05, 4.69) is 18.8 Å². The summed E-state index contributed by atoms with van der Waals surface area (Å²) in [5.74, 6) is 0.795. The highest BCUT2D eigenvalue weighted by Crippen LogP contribution is 2.13. The molecule has 0 bridgehead atoms. The van der Waals surface area contributed by atoms with E-state index in [1.54, 1.807) is 0 Å². The number of rotatable bonds is 1. The zero-order chi connectivity index (χ0) is 8.27. The van der Waals surface area contributed by atoms with Crippen LogP contribution in [0.2, 0.25) is 0 Å². The Hall–Kier alpha value is -0.790. The van der Waals surface area contributed by atoms with Crippen molar-refractivity contribution < 1.29 is 4.74 Å². The molecular formula is C9H15NO. The molecule has 11 heavy (non-hydrogen) atoms. The SMILES string of the molecule is CCOC1=NC(C)CC(C)=C1. The highest BCUT2D eigenvalue weighted by Gasteiger charge is 2.09. The maximum atomic E-state index is 5.30. The van der Waals surface area contributed by atoms with Gasteiger partial charge in [0.1, 0.15) is 0 Å². The van der Waals surface area contributed by atoms with Gasteiger partial charge in [-0.3, -0.25) is 0 Å². The van der Waals surface area contributed by atoms with Gasteiger partial charge in [-0.25, -0.2) is 4.99 Å². The first-order valence-electron chi connectivity index (χ1n) is 4.10. The van der Waals surface area contributed by atoms with E-state index in [4.69, 9.17) is 4.74 Å². The van der Waals surface area contributed by atoms with Crippen LogP contribution in [0, 0.1) is 0 Å². The molecule has 0 saturated heterocycles. The fourth-order valence-electron chi connectivity index (χ4n) is 1.26. The normalized spacial score (nSPS) is 24.1. The minimum absolute atomic E-state index is 0.390. The second kappa shape index (κ2) is 3.56. The number of nitrogens with zero attached hydrogens (tertiary/aromatic N) is 1. The van der Waals surface area contributed by atoms with Crippen molar-refractivity contribution in [1.82, 2.24) is 0 Å². The average Bonchev–Trinajstić information content (AvgIpc) is 1.85. The summed E-state index contributed by atoms with van der Waals surface area (Å²) < 4.78 is 5.30. The maximum Gasteiger partial charge on any atom is 0.208 e. The lowest BCUT2D eigenvalue weighted by Gasteiger charge is -2.15. The molecule has 0 N–H and O–H groups in total. The predicted molar refractivity (Wildman–Crippen MR) is 46.9 cm³/mol. The van der Waals surface area contributed by atoms with E-state index in [-0.39, 0.29) is 0 Å². The Morgan fingerprint density at radius 3 is 3.00 bits per heavy atom. The Morgan fingerprint density at radius 1 is 1.73 bits per heavy atom. The second-order valence-corrected chi connectivity index (χ2v) is 2.94. The molecule has 0 saturated carbocycles. The molecule has 2 heteroatoms. The molecule has 0 fully saturated rings. The van der Waals surface area contributed by atoms with Crippen molar-refractivity contribution in [2.45, 2.75) is 33.2 Å². The first-order valence-corrected chi connectivity index (χ1v) is 4.10. The van der Waals surface area contributed by atoms with Crippen LogP contribution in [0.3, 0.4) is 0 Å². The Kier molecular flexibility index (Phi) is 2.69. The van der Waals surface area contributed by atoms with Crippen molar-refractivity contribution in [3.05, 3.63) is 11.6 Å². The fraction of sp³-hybridized carbons (Fsp3) is 0.667. The molecule has 0 aromatic rings. The lowest BCUT2D eigenvalue weighted by Crippen LogP contribution is -2.13. The number of hydrogen-bond donors (Lipinski definition) is 0. The molecule has 1 aliphatic heterocycles. The van der Waals surface area contributed by atoms with E-state index in [1.807, 2.05) is 13.0 Å². The number of aliphatic imine (C=N–C) groups is 1. The molecule has 0 aromatic heterocycles. The molecule has 0 aliphatic carbocycles. The van der Waals surface area contributed by atoms with Crippen molar-refractivity contribution in [2.24, 2.45) is 4.99 Å². The summed E-state index contributed by atoms with van der Waals surface area (Å²) in [5, 5.41) is 0. The molecule has 1 aliphatic rings. The number of ether oxygens (including phenoxy) is 1. The summed E-state index contributed by atoms with van der Waals surface area (Å²) in [7, 11) is 0. The minimum atomic E-state index is 0.390.